The lowest BCUT2D eigenvalue weighted by molar-refractivity contribution is -0.137. The maximum absolute atomic E-state index is 13.7. The molecule has 0 amide bonds. The summed E-state index contributed by atoms with van der Waals surface area (Å²) in [6, 6.07) is 21.1. The summed E-state index contributed by atoms with van der Waals surface area (Å²) in [6.07, 6.45) is 0. The Balaban J connectivity index is 1.60. The lowest BCUT2D eigenvalue weighted by Gasteiger charge is -2.09. The van der Waals surface area contributed by atoms with Crippen LogP contribution in [0.25, 0.3) is 22.4 Å². The molecule has 1 N–H and O–H groups in total. The molecule has 0 saturated heterocycles. The molecule has 0 aliphatic carbocycles. The van der Waals surface area contributed by atoms with E-state index >= 15 is 0 Å². The molecule has 6 heteroatoms. The highest BCUT2D eigenvalue weighted by molar-refractivity contribution is 5.82. The minimum absolute atomic E-state index is 0.129. The summed E-state index contributed by atoms with van der Waals surface area (Å²) in [4.78, 5) is 15.9. The largest absolute Gasteiger partial charge is 0.489 e. The molecule has 0 aliphatic heterocycles. The second-order valence-electron chi connectivity index (χ2n) is 6.31. The molecular formula is C22H17FN2O3. The number of halogens is 1. The van der Waals surface area contributed by atoms with E-state index in [2.05, 4.69) is 4.98 Å². The topological polar surface area (TPSA) is 64.3 Å². The second kappa shape index (κ2) is 7.52. The number of rotatable bonds is 6. The van der Waals surface area contributed by atoms with Crippen LogP contribution in [0.15, 0.2) is 72.8 Å². The Kier molecular flexibility index (Phi) is 4.76. The van der Waals surface area contributed by atoms with Crippen LogP contribution in [0.1, 0.15) is 5.56 Å². The second-order valence-corrected chi connectivity index (χ2v) is 6.31. The quantitative estimate of drug-likeness (QED) is 0.538. The molecule has 0 atom stereocenters. The third-order valence-electron chi connectivity index (χ3n) is 4.41. The van der Waals surface area contributed by atoms with Gasteiger partial charge in [-0.2, -0.15) is 0 Å². The minimum Gasteiger partial charge on any atom is -0.489 e. The number of ether oxygens (including phenoxy) is 1. The number of hydrogen-bond acceptors (Lipinski definition) is 3. The van der Waals surface area contributed by atoms with Crippen LogP contribution in [0, 0.1) is 5.82 Å². The molecule has 0 unspecified atom stereocenters. The van der Waals surface area contributed by atoms with Gasteiger partial charge < -0.3 is 14.4 Å². The van der Waals surface area contributed by atoms with Crippen molar-refractivity contribution < 1.29 is 19.0 Å². The Bertz CT molecular complexity index is 1140. The van der Waals surface area contributed by atoms with Crippen LogP contribution in [0.2, 0.25) is 0 Å². The van der Waals surface area contributed by atoms with E-state index < -0.39 is 5.97 Å². The number of aromatic nitrogens is 2. The fraction of sp³-hybridized carbons (Fsp3) is 0.0909. The molecule has 0 fully saturated rings. The first-order valence-corrected chi connectivity index (χ1v) is 8.75. The molecule has 0 bridgehead atoms. The number of carboxylic acids is 1. The van der Waals surface area contributed by atoms with Gasteiger partial charge in [-0.25, -0.2) is 9.37 Å². The van der Waals surface area contributed by atoms with Gasteiger partial charge in [0.1, 0.15) is 30.5 Å². The Morgan fingerprint density at radius 1 is 1.00 bits per heavy atom. The van der Waals surface area contributed by atoms with Gasteiger partial charge in [-0.05, 0) is 42.5 Å². The lowest BCUT2D eigenvalue weighted by atomic mass is 10.2. The van der Waals surface area contributed by atoms with E-state index in [9.17, 15) is 14.3 Å². The van der Waals surface area contributed by atoms with Gasteiger partial charge in [-0.1, -0.05) is 30.3 Å². The monoisotopic (exact) mass is 376 g/mol. The Morgan fingerprint density at radius 3 is 2.46 bits per heavy atom. The highest BCUT2D eigenvalue weighted by atomic mass is 19.1. The third kappa shape index (κ3) is 3.57. The number of nitrogens with zero attached hydrogens (tertiary/aromatic N) is 2. The van der Waals surface area contributed by atoms with Crippen LogP contribution in [0.3, 0.4) is 0 Å². The molecule has 28 heavy (non-hydrogen) atoms. The lowest BCUT2D eigenvalue weighted by Crippen LogP contribution is -2.10. The number of fused-ring (bicyclic) bond motifs is 1. The van der Waals surface area contributed by atoms with Crippen molar-refractivity contribution in [3.63, 3.8) is 0 Å². The van der Waals surface area contributed by atoms with Crippen LogP contribution < -0.4 is 4.74 Å². The molecule has 4 aromatic rings. The van der Waals surface area contributed by atoms with Gasteiger partial charge in [-0.3, -0.25) is 4.79 Å². The fourth-order valence-electron chi connectivity index (χ4n) is 3.07. The van der Waals surface area contributed by atoms with E-state index in [4.69, 9.17) is 4.74 Å². The summed E-state index contributed by atoms with van der Waals surface area (Å²) in [6.45, 7) is -0.0507. The summed E-state index contributed by atoms with van der Waals surface area (Å²) in [5.74, 6) is -0.0760. The standard InChI is InChI=1S/C22H17FN2O3/c23-18-6-2-1-5-16(18)14-28-17-11-9-15(10-12-17)22-24-19-7-3-4-8-20(19)25(22)13-21(26)27/h1-12H,13-14H2,(H,26,27). The maximum atomic E-state index is 13.7. The van der Waals surface area contributed by atoms with Crippen LogP contribution in [0.5, 0.6) is 5.75 Å². The summed E-state index contributed by atoms with van der Waals surface area (Å²) in [7, 11) is 0. The van der Waals surface area contributed by atoms with E-state index in [0.29, 0.717) is 17.1 Å². The molecule has 1 heterocycles. The van der Waals surface area contributed by atoms with Crippen LogP contribution in [-0.4, -0.2) is 20.6 Å². The first-order chi connectivity index (χ1) is 13.6. The van der Waals surface area contributed by atoms with Crippen molar-refractivity contribution in [1.82, 2.24) is 9.55 Å². The number of para-hydroxylation sites is 2. The average molecular weight is 376 g/mol. The fourth-order valence-corrected chi connectivity index (χ4v) is 3.07. The van der Waals surface area contributed by atoms with Gasteiger partial charge in [-0.15, -0.1) is 0 Å². The molecule has 4 rings (SSSR count). The van der Waals surface area contributed by atoms with Crippen LogP contribution in [0.4, 0.5) is 4.39 Å². The highest BCUT2D eigenvalue weighted by Crippen LogP contribution is 2.26. The molecule has 1 aromatic heterocycles. The smallest absolute Gasteiger partial charge is 0.323 e. The number of carboxylic acid groups (broad SMARTS) is 1. The van der Waals surface area contributed by atoms with Crippen molar-refractivity contribution in [1.29, 1.82) is 0 Å². The zero-order chi connectivity index (χ0) is 19.5. The number of imidazole rings is 1. The van der Waals surface area contributed by atoms with Gasteiger partial charge in [0.15, 0.2) is 0 Å². The molecule has 140 valence electrons. The first-order valence-electron chi connectivity index (χ1n) is 8.75. The van der Waals surface area contributed by atoms with Crippen molar-refractivity contribution >= 4 is 17.0 Å². The first kappa shape index (κ1) is 17.7. The predicted octanol–water partition coefficient (Wildman–Crippen LogP) is 4.51. The average Bonchev–Trinajstić information content (AvgIpc) is 3.06. The van der Waals surface area contributed by atoms with Crippen molar-refractivity contribution in [2.45, 2.75) is 13.2 Å². The van der Waals surface area contributed by atoms with E-state index in [1.54, 1.807) is 34.9 Å². The Labute approximate surface area is 160 Å². The zero-order valence-electron chi connectivity index (χ0n) is 14.9. The van der Waals surface area contributed by atoms with E-state index in [1.165, 1.54) is 6.07 Å². The molecule has 3 aromatic carbocycles. The van der Waals surface area contributed by atoms with Gasteiger partial charge in [0, 0.05) is 11.1 Å². The van der Waals surface area contributed by atoms with Crippen LogP contribution >= 0.6 is 0 Å². The van der Waals surface area contributed by atoms with Gasteiger partial charge in [0.25, 0.3) is 0 Å². The number of hydrogen-bond donors (Lipinski definition) is 1. The van der Waals surface area contributed by atoms with Crippen LogP contribution in [-0.2, 0) is 17.9 Å². The van der Waals surface area contributed by atoms with E-state index in [0.717, 1.165) is 16.6 Å². The molecular weight excluding hydrogens is 359 g/mol. The Hall–Kier alpha value is -3.67. The maximum Gasteiger partial charge on any atom is 0.323 e. The third-order valence-corrected chi connectivity index (χ3v) is 4.41. The summed E-state index contributed by atoms with van der Waals surface area (Å²) in [5, 5.41) is 9.26. The SMILES string of the molecule is O=C(O)Cn1c(-c2ccc(OCc3ccccc3F)cc2)nc2ccccc21. The molecule has 0 spiro atoms. The predicted molar refractivity (Wildman–Crippen MR) is 104 cm³/mol. The van der Waals surface area contributed by atoms with Gasteiger partial charge in [0.05, 0.1) is 11.0 Å². The number of carbonyl (C=O) groups is 1. The summed E-state index contributed by atoms with van der Waals surface area (Å²) >= 11 is 0. The van der Waals surface area contributed by atoms with Gasteiger partial charge in [0.2, 0.25) is 0 Å². The Morgan fingerprint density at radius 2 is 1.71 bits per heavy atom. The molecule has 0 aliphatic rings. The van der Waals surface area contributed by atoms with Crippen molar-refractivity contribution in [2.24, 2.45) is 0 Å². The van der Waals surface area contributed by atoms with Crippen molar-refractivity contribution in [2.75, 3.05) is 0 Å². The highest BCUT2D eigenvalue weighted by Gasteiger charge is 2.14. The minimum atomic E-state index is -0.936. The van der Waals surface area contributed by atoms with Crippen molar-refractivity contribution in [3.8, 4) is 17.1 Å². The van der Waals surface area contributed by atoms with E-state index in [1.807, 2.05) is 36.4 Å². The molecule has 5 nitrogen and oxygen atoms in total. The zero-order valence-corrected chi connectivity index (χ0v) is 14.9. The van der Waals surface area contributed by atoms with Gasteiger partial charge >= 0.3 is 5.97 Å². The normalized spacial score (nSPS) is 10.9. The van der Waals surface area contributed by atoms with E-state index in [-0.39, 0.29) is 19.0 Å². The summed E-state index contributed by atoms with van der Waals surface area (Å²) < 4.78 is 21.0. The number of aliphatic carboxylic acids is 1. The molecule has 0 saturated carbocycles. The van der Waals surface area contributed by atoms with Crippen molar-refractivity contribution in [3.05, 3.63) is 84.2 Å². The summed E-state index contributed by atoms with van der Waals surface area (Å²) in [5.41, 5.74) is 2.75. The number of benzene rings is 3. The molecule has 0 radical (unpaired) electrons.